The Hall–Kier alpha value is -2.86. The summed E-state index contributed by atoms with van der Waals surface area (Å²) < 4.78 is 0. The van der Waals surface area contributed by atoms with Crippen LogP contribution in [0.5, 0.6) is 0 Å². The Morgan fingerprint density at radius 2 is 1.96 bits per heavy atom. The Labute approximate surface area is 136 Å². The highest BCUT2D eigenvalue weighted by Gasteiger charge is 2.09. The summed E-state index contributed by atoms with van der Waals surface area (Å²) in [6, 6.07) is 10.1. The molecule has 3 aromatic rings. The molecule has 3 rings (SSSR count). The number of nitrogens with one attached hydrogen (secondary N) is 3. The van der Waals surface area contributed by atoms with Crippen LogP contribution >= 0.6 is 11.6 Å². The monoisotopic (exact) mass is 328 g/mol. The zero-order valence-corrected chi connectivity index (χ0v) is 12.9. The minimum Gasteiger partial charge on any atom is -0.345 e. The maximum absolute atomic E-state index is 12.3. The quantitative estimate of drug-likeness (QED) is 0.688. The molecule has 2 aromatic carbocycles. The van der Waals surface area contributed by atoms with Crippen LogP contribution in [-0.4, -0.2) is 21.8 Å². The molecule has 0 bridgehead atoms. The van der Waals surface area contributed by atoms with Gasteiger partial charge in [0.2, 0.25) is 5.91 Å². The minimum absolute atomic E-state index is 0.212. The summed E-state index contributed by atoms with van der Waals surface area (Å²) in [5.41, 5.74) is 3.12. The molecule has 23 heavy (non-hydrogen) atoms. The topological polar surface area (TPSA) is 86.9 Å². The van der Waals surface area contributed by atoms with Crippen molar-refractivity contribution in [2.75, 3.05) is 10.6 Å². The van der Waals surface area contributed by atoms with Crippen LogP contribution in [-0.2, 0) is 4.79 Å². The number of rotatable bonds is 3. The molecule has 2 amide bonds. The molecule has 0 spiro atoms. The van der Waals surface area contributed by atoms with Crippen molar-refractivity contribution >= 4 is 45.8 Å². The molecule has 0 aliphatic heterocycles. The first-order chi connectivity index (χ1) is 11.0. The third-order valence-corrected chi connectivity index (χ3v) is 3.53. The molecule has 7 heteroatoms. The molecular formula is C16H13ClN4O2. The largest absolute Gasteiger partial charge is 0.345 e. The van der Waals surface area contributed by atoms with Gasteiger partial charge in [0, 0.05) is 18.2 Å². The van der Waals surface area contributed by atoms with Gasteiger partial charge in [-0.05, 0) is 36.4 Å². The van der Waals surface area contributed by atoms with Gasteiger partial charge in [-0.1, -0.05) is 11.6 Å². The van der Waals surface area contributed by atoms with Gasteiger partial charge in [0.05, 0.1) is 28.1 Å². The number of H-pyrrole nitrogens is 1. The average molecular weight is 329 g/mol. The van der Waals surface area contributed by atoms with Crippen molar-refractivity contribution in [2.45, 2.75) is 6.92 Å². The molecule has 3 N–H and O–H groups in total. The maximum atomic E-state index is 12.3. The molecule has 0 saturated heterocycles. The summed E-state index contributed by atoms with van der Waals surface area (Å²) >= 11 is 6.09. The highest BCUT2D eigenvalue weighted by Crippen LogP contribution is 2.26. The van der Waals surface area contributed by atoms with Crippen LogP contribution < -0.4 is 10.6 Å². The predicted octanol–water partition coefficient (Wildman–Crippen LogP) is 3.43. The van der Waals surface area contributed by atoms with Crippen LogP contribution in [0.4, 0.5) is 11.4 Å². The standard InChI is InChI=1S/C16H13ClN4O2/c1-9(22)20-13-5-3-11(7-12(13)17)21-16(23)10-2-4-14-15(6-10)19-8-18-14/h2-8H,1H3,(H,18,19)(H,20,22)(H,21,23). The van der Waals surface area contributed by atoms with Crippen molar-refractivity contribution in [3.8, 4) is 0 Å². The number of hydrogen-bond donors (Lipinski definition) is 3. The van der Waals surface area contributed by atoms with Crippen molar-refractivity contribution < 1.29 is 9.59 Å². The second-order valence-corrected chi connectivity index (χ2v) is 5.37. The van der Waals surface area contributed by atoms with E-state index >= 15 is 0 Å². The number of hydrogen-bond acceptors (Lipinski definition) is 3. The Balaban J connectivity index is 1.79. The van der Waals surface area contributed by atoms with Crippen molar-refractivity contribution in [1.82, 2.24) is 9.97 Å². The van der Waals surface area contributed by atoms with Crippen LogP contribution in [0.25, 0.3) is 11.0 Å². The number of carbonyl (C=O) groups excluding carboxylic acids is 2. The lowest BCUT2D eigenvalue weighted by Crippen LogP contribution is -2.12. The molecule has 0 radical (unpaired) electrons. The summed E-state index contributed by atoms with van der Waals surface area (Å²) in [5, 5.41) is 5.72. The molecule has 0 fully saturated rings. The van der Waals surface area contributed by atoms with Gasteiger partial charge in [0.15, 0.2) is 0 Å². The lowest BCUT2D eigenvalue weighted by Gasteiger charge is -2.09. The Kier molecular flexibility index (Phi) is 3.99. The van der Waals surface area contributed by atoms with E-state index in [0.717, 1.165) is 11.0 Å². The number of aromatic amines is 1. The third-order valence-electron chi connectivity index (χ3n) is 3.22. The predicted molar refractivity (Wildman–Crippen MR) is 89.8 cm³/mol. The van der Waals surface area contributed by atoms with Gasteiger partial charge in [0.25, 0.3) is 5.91 Å². The molecule has 0 aliphatic carbocycles. The van der Waals surface area contributed by atoms with Crippen molar-refractivity contribution in [3.05, 3.63) is 53.3 Å². The molecule has 0 atom stereocenters. The molecular weight excluding hydrogens is 316 g/mol. The lowest BCUT2D eigenvalue weighted by molar-refractivity contribution is -0.114. The van der Waals surface area contributed by atoms with E-state index in [4.69, 9.17) is 11.6 Å². The third kappa shape index (κ3) is 3.32. The number of aromatic nitrogens is 2. The number of benzene rings is 2. The Bertz CT molecular complexity index is 904. The number of nitrogens with zero attached hydrogens (tertiary/aromatic N) is 1. The second kappa shape index (κ2) is 6.10. The first-order valence-corrected chi connectivity index (χ1v) is 7.22. The number of halogens is 1. The van der Waals surface area contributed by atoms with Gasteiger partial charge < -0.3 is 15.6 Å². The van der Waals surface area contributed by atoms with E-state index in [2.05, 4.69) is 20.6 Å². The number of fused-ring (bicyclic) bond motifs is 1. The van der Waals surface area contributed by atoms with E-state index in [1.807, 2.05) is 0 Å². The van der Waals surface area contributed by atoms with E-state index in [9.17, 15) is 9.59 Å². The van der Waals surface area contributed by atoms with E-state index in [1.54, 1.807) is 42.7 Å². The van der Waals surface area contributed by atoms with Crippen LogP contribution in [0.15, 0.2) is 42.7 Å². The first-order valence-electron chi connectivity index (χ1n) is 6.84. The average Bonchev–Trinajstić information content (AvgIpc) is 2.97. The van der Waals surface area contributed by atoms with E-state index in [0.29, 0.717) is 22.0 Å². The van der Waals surface area contributed by atoms with Crippen molar-refractivity contribution in [1.29, 1.82) is 0 Å². The highest BCUT2D eigenvalue weighted by atomic mass is 35.5. The molecule has 6 nitrogen and oxygen atoms in total. The molecule has 0 saturated carbocycles. The smallest absolute Gasteiger partial charge is 0.255 e. The Morgan fingerprint density at radius 1 is 1.13 bits per heavy atom. The van der Waals surface area contributed by atoms with Crippen molar-refractivity contribution in [2.24, 2.45) is 0 Å². The van der Waals surface area contributed by atoms with Gasteiger partial charge in [0.1, 0.15) is 0 Å². The highest BCUT2D eigenvalue weighted by molar-refractivity contribution is 6.34. The van der Waals surface area contributed by atoms with Crippen LogP contribution in [0.2, 0.25) is 5.02 Å². The lowest BCUT2D eigenvalue weighted by atomic mass is 10.2. The van der Waals surface area contributed by atoms with Gasteiger partial charge in [-0.15, -0.1) is 0 Å². The fraction of sp³-hybridized carbons (Fsp3) is 0.0625. The van der Waals surface area contributed by atoms with Crippen LogP contribution in [0, 0.1) is 0 Å². The van der Waals surface area contributed by atoms with Crippen LogP contribution in [0.3, 0.4) is 0 Å². The SMILES string of the molecule is CC(=O)Nc1ccc(NC(=O)c2ccc3nc[nH]c3c2)cc1Cl. The van der Waals surface area contributed by atoms with Gasteiger partial charge in [-0.25, -0.2) is 4.98 Å². The molecule has 1 aromatic heterocycles. The zero-order chi connectivity index (χ0) is 16.4. The number of imidazole rings is 1. The summed E-state index contributed by atoms with van der Waals surface area (Å²) in [7, 11) is 0. The first kappa shape index (κ1) is 15.1. The Morgan fingerprint density at radius 3 is 2.70 bits per heavy atom. The normalized spacial score (nSPS) is 10.5. The summed E-state index contributed by atoms with van der Waals surface area (Å²) in [6.07, 6.45) is 1.58. The van der Waals surface area contributed by atoms with Gasteiger partial charge >= 0.3 is 0 Å². The van der Waals surface area contributed by atoms with Crippen LogP contribution in [0.1, 0.15) is 17.3 Å². The summed E-state index contributed by atoms with van der Waals surface area (Å²) in [5.74, 6) is -0.471. The number of amides is 2. The van der Waals surface area contributed by atoms with Gasteiger partial charge in [-0.3, -0.25) is 9.59 Å². The second-order valence-electron chi connectivity index (χ2n) is 4.96. The molecule has 116 valence electrons. The number of carbonyl (C=O) groups is 2. The minimum atomic E-state index is -0.259. The molecule has 0 aliphatic rings. The maximum Gasteiger partial charge on any atom is 0.255 e. The van der Waals surface area contributed by atoms with E-state index in [1.165, 1.54) is 6.92 Å². The number of anilines is 2. The van der Waals surface area contributed by atoms with E-state index < -0.39 is 0 Å². The fourth-order valence-electron chi connectivity index (χ4n) is 2.16. The van der Waals surface area contributed by atoms with Gasteiger partial charge in [-0.2, -0.15) is 0 Å². The zero-order valence-electron chi connectivity index (χ0n) is 12.2. The molecule has 0 unspecified atom stereocenters. The fourth-order valence-corrected chi connectivity index (χ4v) is 2.39. The van der Waals surface area contributed by atoms with E-state index in [-0.39, 0.29) is 11.8 Å². The summed E-state index contributed by atoms with van der Waals surface area (Å²) in [4.78, 5) is 30.4. The molecule has 1 heterocycles. The summed E-state index contributed by atoms with van der Waals surface area (Å²) in [6.45, 7) is 1.40. The van der Waals surface area contributed by atoms with Crippen molar-refractivity contribution in [3.63, 3.8) is 0 Å².